The molecule has 1 aliphatic carbocycles. The van der Waals surface area contributed by atoms with E-state index in [0.29, 0.717) is 5.92 Å². The Balaban J connectivity index is 2.72. The molecule has 1 saturated carbocycles. The van der Waals surface area contributed by atoms with Crippen molar-refractivity contribution in [2.24, 2.45) is 17.8 Å². The fourth-order valence-corrected chi connectivity index (χ4v) is 2.59. The first-order chi connectivity index (χ1) is 7.04. The number of carbonyl (C=O) groups is 2. The van der Waals surface area contributed by atoms with Crippen molar-refractivity contribution >= 4 is 11.6 Å². The Kier molecular flexibility index (Phi) is 4.49. The number of ketones is 2. The summed E-state index contributed by atoms with van der Waals surface area (Å²) in [6.07, 6.45) is 5.74. The first kappa shape index (κ1) is 12.4. The monoisotopic (exact) mass is 210 g/mol. The van der Waals surface area contributed by atoms with Crippen molar-refractivity contribution in [3.63, 3.8) is 0 Å². The third-order valence-electron chi connectivity index (χ3n) is 3.43. The molecular weight excluding hydrogens is 188 g/mol. The molecule has 1 fully saturated rings. The largest absolute Gasteiger partial charge is 0.299 e. The van der Waals surface area contributed by atoms with Crippen molar-refractivity contribution in [1.29, 1.82) is 0 Å². The fraction of sp³-hybridized carbons (Fsp3) is 0.846. The molecular formula is C13H22O2. The van der Waals surface area contributed by atoms with Gasteiger partial charge < -0.3 is 0 Å². The Morgan fingerprint density at radius 2 is 1.60 bits per heavy atom. The SMILES string of the molecule is CC(=O)C(C(=O)C(C)C)C1CCCCC1. The summed E-state index contributed by atoms with van der Waals surface area (Å²) < 4.78 is 0. The van der Waals surface area contributed by atoms with Gasteiger partial charge in [0, 0.05) is 5.92 Å². The van der Waals surface area contributed by atoms with Crippen LogP contribution in [0.3, 0.4) is 0 Å². The van der Waals surface area contributed by atoms with Gasteiger partial charge in [-0.25, -0.2) is 0 Å². The Bertz CT molecular complexity index is 237. The first-order valence-electron chi connectivity index (χ1n) is 6.08. The number of carbonyl (C=O) groups excluding carboxylic acids is 2. The van der Waals surface area contributed by atoms with E-state index in [2.05, 4.69) is 0 Å². The molecule has 0 N–H and O–H groups in total. The zero-order chi connectivity index (χ0) is 11.4. The van der Waals surface area contributed by atoms with Crippen LogP contribution in [-0.2, 0) is 9.59 Å². The van der Waals surface area contributed by atoms with E-state index in [-0.39, 0.29) is 23.4 Å². The van der Waals surface area contributed by atoms with Crippen molar-refractivity contribution in [2.75, 3.05) is 0 Å². The lowest BCUT2D eigenvalue weighted by molar-refractivity contribution is -0.136. The van der Waals surface area contributed by atoms with Gasteiger partial charge in [0.1, 0.15) is 11.6 Å². The van der Waals surface area contributed by atoms with Crippen molar-refractivity contribution in [1.82, 2.24) is 0 Å². The van der Waals surface area contributed by atoms with E-state index in [0.717, 1.165) is 12.8 Å². The molecule has 0 spiro atoms. The van der Waals surface area contributed by atoms with Crippen LogP contribution in [0.5, 0.6) is 0 Å². The summed E-state index contributed by atoms with van der Waals surface area (Å²) in [6.45, 7) is 5.35. The summed E-state index contributed by atoms with van der Waals surface area (Å²) >= 11 is 0. The molecule has 0 aromatic heterocycles. The van der Waals surface area contributed by atoms with E-state index in [1.165, 1.54) is 19.3 Å². The zero-order valence-electron chi connectivity index (χ0n) is 10.1. The molecule has 0 bridgehead atoms. The van der Waals surface area contributed by atoms with Gasteiger partial charge in [-0.1, -0.05) is 33.1 Å². The van der Waals surface area contributed by atoms with E-state index in [9.17, 15) is 9.59 Å². The number of hydrogen-bond acceptors (Lipinski definition) is 2. The maximum absolute atomic E-state index is 12.0. The van der Waals surface area contributed by atoms with Crippen LogP contribution in [0.1, 0.15) is 52.9 Å². The normalized spacial score (nSPS) is 20.3. The molecule has 0 radical (unpaired) electrons. The number of Topliss-reactive ketones (excluding diaryl/α,β-unsaturated/α-hetero) is 2. The van der Waals surface area contributed by atoms with Crippen LogP contribution in [-0.4, -0.2) is 11.6 Å². The average molecular weight is 210 g/mol. The maximum Gasteiger partial charge on any atom is 0.146 e. The Morgan fingerprint density at radius 1 is 1.07 bits per heavy atom. The second kappa shape index (κ2) is 5.43. The van der Waals surface area contributed by atoms with Crippen LogP contribution < -0.4 is 0 Å². The van der Waals surface area contributed by atoms with Gasteiger partial charge >= 0.3 is 0 Å². The molecule has 2 nitrogen and oxygen atoms in total. The minimum Gasteiger partial charge on any atom is -0.299 e. The smallest absolute Gasteiger partial charge is 0.146 e. The molecule has 86 valence electrons. The van der Waals surface area contributed by atoms with Crippen LogP contribution in [0.15, 0.2) is 0 Å². The van der Waals surface area contributed by atoms with Gasteiger partial charge in [0.25, 0.3) is 0 Å². The molecule has 0 aromatic rings. The fourth-order valence-electron chi connectivity index (χ4n) is 2.59. The van der Waals surface area contributed by atoms with E-state index in [1.54, 1.807) is 6.92 Å². The molecule has 0 heterocycles. The van der Waals surface area contributed by atoms with Crippen LogP contribution in [0.4, 0.5) is 0 Å². The predicted octanol–water partition coefficient (Wildman–Crippen LogP) is 3.00. The molecule has 1 aliphatic rings. The number of hydrogen-bond donors (Lipinski definition) is 0. The Morgan fingerprint density at radius 3 is 2.00 bits per heavy atom. The third-order valence-corrected chi connectivity index (χ3v) is 3.43. The molecule has 1 atom stereocenters. The van der Waals surface area contributed by atoms with Crippen molar-refractivity contribution in [3.8, 4) is 0 Å². The zero-order valence-corrected chi connectivity index (χ0v) is 10.1. The average Bonchev–Trinajstić information content (AvgIpc) is 2.18. The van der Waals surface area contributed by atoms with Gasteiger partial charge in [0.05, 0.1) is 5.92 Å². The highest BCUT2D eigenvalue weighted by molar-refractivity contribution is 6.02. The Labute approximate surface area is 92.4 Å². The second-order valence-corrected chi connectivity index (χ2v) is 5.04. The lowest BCUT2D eigenvalue weighted by atomic mass is 9.74. The van der Waals surface area contributed by atoms with Gasteiger partial charge in [-0.3, -0.25) is 9.59 Å². The summed E-state index contributed by atoms with van der Waals surface area (Å²) in [5, 5.41) is 0. The molecule has 1 unspecified atom stereocenters. The lowest BCUT2D eigenvalue weighted by Crippen LogP contribution is -2.34. The summed E-state index contributed by atoms with van der Waals surface area (Å²) in [7, 11) is 0. The highest BCUT2D eigenvalue weighted by Crippen LogP contribution is 2.32. The van der Waals surface area contributed by atoms with Gasteiger partial charge in [-0.15, -0.1) is 0 Å². The Hall–Kier alpha value is -0.660. The van der Waals surface area contributed by atoms with Gasteiger partial charge in [-0.2, -0.15) is 0 Å². The van der Waals surface area contributed by atoms with E-state index in [4.69, 9.17) is 0 Å². The highest BCUT2D eigenvalue weighted by Gasteiger charge is 2.33. The predicted molar refractivity (Wildman–Crippen MR) is 60.6 cm³/mol. The molecule has 0 aliphatic heterocycles. The summed E-state index contributed by atoms with van der Waals surface area (Å²) in [5.41, 5.74) is 0. The van der Waals surface area contributed by atoms with Gasteiger partial charge in [0.15, 0.2) is 0 Å². The van der Waals surface area contributed by atoms with Crippen molar-refractivity contribution < 1.29 is 9.59 Å². The first-order valence-corrected chi connectivity index (χ1v) is 6.08. The second-order valence-electron chi connectivity index (χ2n) is 5.04. The van der Waals surface area contributed by atoms with E-state index >= 15 is 0 Å². The van der Waals surface area contributed by atoms with Crippen LogP contribution in [0.2, 0.25) is 0 Å². The summed E-state index contributed by atoms with van der Waals surface area (Å²) in [5.74, 6) is 0.215. The van der Waals surface area contributed by atoms with Gasteiger partial charge in [0.2, 0.25) is 0 Å². The molecule has 0 saturated heterocycles. The third kappa shape index (κ3) is 3.15. The van der Waals surface area contributed by atoms with E-state index in [1.807, 2.05) is 13.8 Å². The topological polar surface area (TPSA) is 34.1 Å². The molecule has 0 aromatic carbocycles. The van der Waals surface area contributed by atoms with Crippen LogP contribution >= 0.6 is 0 Å². The van der Waals surface area contributed by atoms with Gasteiger partial charge in [-0.05, 0) is 25.7 Å². The quantitative estimate of drug-likeness (QED) is 0.668. The van der Waals surface area contributed by atoms with Crippen LogP contribution in [0, 0.1) is 17.8 Å². The highest BCUT2D eigenvalue weighted by atomic mass is 16.1. The van der Waals surface area contributed by atoms with Crippen molar-refractivity contribution in [3.05, 3.63) is 0 Å². The van der Waals surface area contributed by atoms with E-state index < -0.39 is 0 Å². The minimum absolute atomic E-state index is 0.0131. The molecule has 2 heteroatoms. The molecule has 1 rings (SSSR count). The van der Waals surface area contributed by atoms with Crippen molar-refractivity contribution in [2.45, 2.75) is 52.9 Å². The summed E-state index contributed by atoms with van der Waals surface area (Å²) in [6, 6.07) is 0. The standard InChI is InChI=1S/C13H22O2/c1-9(2)13(15)12(10(3)14)11-7-5-4-6-8-11/h9,11-12H,4-8H2,1-3H3. The van der Waals surface area contributed by atoms with Crippen LogP contribution in [0.25, 0.3) is 0 Å². The molecule has 15 heavy (non-hydrogen) atoms. The minimum atomic E-state index is -0.315. The maximum atomic E-state index is 12.0. The lowest BCUT2D eigenvalue weighted by Gasteiger charge is -2.28. The molecule has 0 amide bonds. The summed E-state index contributed by atoms with van der Waals surface area (Å²) in [4.78, 5) is 23.5. The number of rotatable bonds is 4.